The van der Waals surface area contributed by atoms with E-state index in [1.165, 1.54) is 11.3 Å². The number of thioether (sulfide) groups is 1. The Bertz CT molecular complexity index is 1190. The zero-order valence-electron chi connectivity index (χ0n) is 16.7. The van der Waals surface area contributed by atoms with Gasteiger partial charge in [-0.15, -0.1) is 35.5 Å². The summed E-state index contributed by atoms with van der Waals surface area (Å²) in [5.41, 5.74) is 0.949. The molecule has 2 aromatic heterocycles. The van der Waals surface area contributed by atoms with E-state index < -0.39 is 0 Å². The van der Waals surface area contributed by atoms with Crippen molar-refractivity contribution in [2.24, 2.45) is 0 Å². The Morgan fingerprint density at radius 1 is 1.07 bits per heavy atom. The normalized spacial score (nSPS) is 11.2. The van der Waals surface area contributed by atoms with Crippen LogP contribution in [0, 0.1) is 0 Å². The smallest absolute Gasteiger partial charge is 0.271 e. The summed E-state index contributed by atoms with van der Waals surface area (Å²) >= 11 is 11.3. The number of hydrogen-bond donors (Lipinski definition) is 0. The van der Waals surface area contributed by atoms with Gasteiger partial charge < -0.3 is 4.90 Å². The van der Waals surface area contributed by atoms with Crippen molar-refractivity contribution >= 4 is 89.8 Å². The number of carbonyl (C=O) groups excluding carboxylic acids is 1. The van der Waals surface area contributed by atoms with Crippen LogP contribution in [0.2, 0.25) is 5.02 Å². The molecule has 0 saturated carbocycles. The number of thiophene rings is 1. The number of para-hydroxylation sites is 1. The Balaban J connectivity index is 0.00000256. The van der Waals surface area contributed by atoms with Gasteiger partial charge >= 0.3 is 0 Å². The SMILES string of the molecule is CSc1cccc2sc(N(CCN(C)C)C(=O)c3sc4ccccc4c3Cl)nc12.Cl. The predicted molar refractivity (Wildman–Crippen MR) is 136 cm³/mol. The number of likely N-dealkylation sites (N-methyl/N-ethyl adjacent to an activating group) is 1. The topological polar surface area (TPSA) is 36.4 Å². The van der Waals surface area contributed by atoms with Crippen LogP contribution in [0.5, 0.6) is 0 Å². The fourth-order valence-electron chi connectivity index (χ4n) is 3.05. The fourth-order valence-corrected chi connectivity index (χ4v) is 6.16. The Morgan fingerprint density at radius 3 is 2.50 bits per heavy atom. The van der Waals surface area contributed by atoms with Crippen LogP contribution >= 0.6 is 58.4 Å². The quantitative estimate of drug-likeness (QED) is 0.284. The summed E-state index contributed by atoms with van der Waals surface area (Å²) in [6.07, 6.45) is 2.04. The lowest BCUT2D eigenvalue weighted by atomic mass is 10.2. The first-order valence-corrected chi connectivity index (χ1v) is 12.3. The maximum atomic E-state index is 13.6. The van der Waals surface area contributed by atoms with E-state index in [-0.39, 0.29) is 18.3 Å². The molecular weight excluding hydrogens is 477 g/mol. The summed E-state index contributed by atoms with van der Waals surface area (Å²) < 4.78 is 2.10. The molecule has 2 aromatic carbocycles. The average molecular weight is 499 g/mol. The highest BCUT2D eigenvalue weighted by Gasteiger charge is 2.26. The molecular formula is C21H21Cl2N3OS3. The van der Waals surface area contributed by atoms with Gasteiger partial charge in [-0.2, -0.15) is 0 Å². The highest BCUT2D eigenvalue weighted by molar-refractivity contribution is 7.98. The summed E-state index contributed by atoms with van der Waals surface area (Å²) in [6.45, 7) is 1.28. The van der Waals surface area contributed by atoms with Crippen LogP contribution in [-0.2, 0) is 0 Å². The molecule has 0 aliphatic carbocycles. The molecule has 0 unspecified atom stereocenters. The molecule has 2 heterocycles. The minimum atomic E-state index is -0.0946. The molecule has 0 bridgehead atoms. The zero-order valence-corrected chi connectivity index (χ0v) is 20.7. The van der Waals surface area contributed by atoms with Gasteiger partial charge in [0.25, 0.3) is 5.91 Å². The van der Waals surface area contributed by atoms with E-state index in [9.17, 15) is 4.79 Å². The van der Waals surface area contributed by atoms with Crippen molar-refractivity contribution in [3.63, 3.8) is 0 Å². The van der Waals surface area contributed by atoms with Crippen molar-refractivity contribution in [2.45, 2.75) is 4.90 Å². The van der Waals surface area contributed by atoms with E-state index in [2.05, 4.69) is 17.0 Å². The molecule has 0 radical (unpaired) electrons. The zero-order chi connectivity index (χ0) is 20.5. The van der Waals surface area contributed by atoms with Crippen LogP contribution in [0.15, 0.2) is 47.4 Å². The molecule has 0 atom stereocenters. The molecule has 4 aromatic rings. The highest BCUT2D eigenvalue weighted by atomic mass is 35.5. The number of benzene rings is 2. The van der Waals surface area contributed by atoms with Crippen molar-refractivity contribution in [3.8, 4) is 0 Å². The molecule has 0 fully saturated rings. The summed E-state index contributed by atoms with van der Waals surface area (Å²) in [6, 6.07) is 14.0. The largest absolute Gasteiger partial charge is 0.308 e. The maximum Gasteiger partial charge on any atom is 0.271 e. The minimum Gasteiger partial charge on any atom is -0.308 e. The van der Waals surface area contributed by atoms with Crippen molar-refractivity contribution in [1.29, 1.82) is 0 Å². The van der Waals surface area contributed by atoms with Gasteiger partial charge in [-0.25, -0.2) is 4.98 Å². The van der Waals surface area contributed by atoms with Crippen LogP contribution < -0.4 is 4.90 Å². The average Bonchev–Trinajstić information content (AvgIpc) is 3.29. The first-order valence-electron chi connectivity index (χ1n) is 9.06. The summed E-state index contributed by atoms with van der Waals surface area (Å²) in [5.74, 6) is -0.0946. The number of aromatic nitrogens is 1. The van der Waals surface area contributed by atoms with Crippen molar-refractivity contribution < 1.29 is 4.79 Å². The molecule has 0 saturated heterocycles. The van der Waals surface area contributed by atoms with E-state index in [1.807, 2.05) is 50.7 Å². The van der Waals surface area contributed by atoms with Crippen LogP contribution in [0.1, 0.15) is 9.67 Å². The second-order valence-electron chi connectivity index (χ2n) is 6.80. The van der Waals surface area contributed by atoms with Crippen molar-refractivity contribution in [1.82, 2.24) is 9.88 Å². The number of anilines is 1. The second-order valence-corrected chi connectivity index (χ2v) is 10.1. The molecule has 0 spiro atoms. The molecule has 0 N–H and O–H groups in total. The molecule has 4 rings (SSSR count). The van der Waals surface area contributed by atoms with E-state index >= 15 is 0 Å². The Hall–Kier alpha value is -1.35. The highest BCUT2D eigenvalue weighted by Crippen LogP contribution is 2.38. The number of thiazole rings is 1. The van der Waals surface area contributed by atoms with Gasteiger partial charge in [-0.1, -0.05) is 47.2 Å². The Kier molecular flexibility index (Phi) is 7.66. The summed E-state index contributed by atoms with van der Waals surface area (Å²) in [4.78, 5) is 23.9. The monoisotopic (exact) mass is 497 g/mol. The second kappa shape index (κ2) is 9.85. The predicted octanol–water partition coefficient (Wildman–Crippen LogP) is 6.52. The molecule has 30 heavy (non-hydrogen) atoms. The third-order valence-electron chi connectivity index (χ3n) is 4.57. The number of fused-ring (bicyclic) bond motifs is 2. The van der Waals surface area contributed by atoms with E-state index in [0.29, 0.717) is 21.6 Å². The first kappa shape index (κ1) is 23.3. The van der Waals surface area contributed by atoms with Gasteiger partial charge in [0.2, 0.25) is 0 Å². The molecule has 158 valence electrons. The minimum absolute atomic E-state index is 0. The van der Waals surface area contributed by atoms with Gasteiger partial charge in [0.05, 0.1) is 15.2 Å². The van der Waals surface area contributed by atoms with Crippen molar-refractivity contribution in [3.05, 3.63) is 52.4 Å². The summed E-state index contributed by atoms with van der Waals surface area (Å²) in [7, 11) is 4.00. The molecule has 0 aliphatic rings. The lowest BCUT2D eigenvalue weighted by molar-refractivity contribution is 0.0989. The van der Waals surface area contributed by atoms with Crippen LogP contribution in [0.4, 0.5) is 5.13 Å². The van der Waals surface area contributed by atoms with Crippen LogP contribution in [0.25, 0.3) is 20.3 Å². The van der Waals surface area contributed by atoms with Gasteiger partial charge in [-0.05, 0) is 38.6 Å². The van der Waals surface area contributed by atoms with E-state index in [0.717, 1.165) is 31.7 Å². The number of carbonyl (C=O) groups is 1. The standard InChI is InChI=1S/C21H20ClN3OS3.ClH/c1-24(2)11-12-25(21-23-18-15(27-3)9-6-10-16(18)29-21)20(26)19-17(22)13-7-4-5-8-14(13)28-19;/h4-10H,11-12H2,1-3H3;1H. The number of amides is 1. The first-order chi connectivity index (χ1) is 14.0. The molecule has 4 nitrogen and oxygen atoms in total. The summed E-state index contributed by atoms with van der Waals surface area (Å²) in [5, 5.41) is 2.15. The number of halogens is 2. The van der Waals surface area contributed by atoms with Gasteiger partial charge in [0.15, 0.2) is 5.13 Å². The lowest BCUT2D eigenvalue weighted by Gasteiger charge is -2.21. The van der Waals surface area contributed by atoms with E-state index in [1.54, 1.807) is 28.0 Å². The molecule has 1 amide bonds. The van der Waals surface area contributed by atoms with Crippen LogP contribution in [-0.4, -0.2) is 49.2 Å². The number of hydrogen-bond acceptors (Lipinski definition) is 6. The number of nitrogens with zero attached hydrogens (tertiary/aromatic N) is 3. The van der Waals surface area contributed by atoms with Gasteiger partial charge in [-0.3, -0.25) is 9.69 Å². The van der Waals surface area contributed by atoms with Gasteiger partial charge in [0, 0.05) is 28.1 Å². The fraction of sp³-hybridized carbons (Fsp3) is 0.238. The van der Waals surface area contributed by atoms with E-state index in [4.69, 9.17) is 16.6 Å². The maximum absolute atomic E-state index is 13.6. The third kappa shape index (κ3) is 4.47. The Morgan fingerprint density at radius 2 is 1.80 bits per heavy atom. The molecule has 9 heteroatoms. The lowest BCUT2D eigenvalue weighted by Crippen LogP contribution is -2.36. The Labute approximate surface area is 199 Å². The third-order valence-corrected chi connectivity index (χ3v) is 8.04. The van der Waals surface area contributed by atoms with Gasteiger partial charge in [0.1, 0.15) is 4.88 Å². The number of rotatable bonds is 6. The van der Waals surface area contributed by atoms with Crippen molar-refractivity contribution in [2.75, 3.05) is 38.3 Å². The molecule has 0 aliphatic heterocycles. The van der Waals surface area contributed by atoms with Crippen LogP contribution in [0.3, 0.4) is 0 Å².